The first-order valence-electron chi connectivity index (χ1n) is 11.9. The fourth-order valence-electron chi connectivity index (χ4n) is 4.40. The highest BCUT2D eigenvalue weighted by Crippen LogP contribution is 2.27. The predicted molar refractivity (Wildman–Crippen MR) is 140 cm³/mol. The van der Waals surface area contributed by atoms with Gasteiger partial charge >= 0.3 is 0 Å². The summed E-state index contributed by atoms with van der Waals surface area (Å²) in [6.07, 6.45) is 5.74. The number of rotatable bonds is 7. The molecule has 37 heavy (non-hydrogen) atoms. The molecule has 0 bridgehead atoms. The molecule has 3 heterocycles. The number of aromatic nitrogens is 4. The number of carbonyl (C=O) groups is 1. The number of benzene rings is 2. The summed E-state index contributed by atoms with van der Waals surface area (Å²) in [4.78, 5) is 23.8. The molecular weight excluding hydrogens is 514 g/mol. The molecule has 1 aliphatic rings. The summed E-state index contributed by atoms with van der Waals surface area (Å²) >= 11 is 6.08. The van der Waals surface area contributed by atoms with Gasteiger partial charge in [0.25, 0.3) is 0 Å². The summed E-state index contributed by atoms with van der Waals surface area (Å²) in [7, 11) is -3.28. The average molecular weight is 540 g/mol. The predicted octanol–water partition coefficient (Wildman–Crippen LogP) is 3.91. The molecule has 1 fully saturated rings. The smallest absolute Gasteiger partial charge is 0.228 e. The molecule has 0 radical (unpaired) electrons. The number of sulfone groups is 1. The molecule has 2 aromatic heterocycles. The first-order valence-corrected chi connectivity index (χ1v) is 14.1. The molecule has 2 aromatic carbocycles. The topological polar surface area (TPSA) is 107 Å². The standard InChI is InChI=1S/C26H26ClN5O4S/c1-17-13-18(3-8-23(17)27)24(33)15-31-11-9-20(10-12-31)36-26-22-14-30-32(25(22)28-16-29-26)19-4-6-21(7-5-19)37(2,34)35/h3-8,13-14,16,20H,9-12,15H2,1-2H3. The minimum Gasteiger partial charge on any atom is -0.474 e. The van der Waals surface area contributed by atoms with E-state index in [-0.39, 0.29) is 16.8 Å². The van der Waals surface area contributed by atoms with Gasteiger partial charge in [-0.15, -0.1) is 0 Å². The molecule has 5 rings (SSSR count). The van der Waals surface area contributed by atoms with E-state index in [0.717, 1.165) is 31.5 Å². The normalized spacial score (nSPS) is 15.2. The number of likely N-dealkylation sites (tertiary alicyclic amines) is 1. The average Bonchev–Trinajstić information content (AvgIpc) is 3.31. The van der Waals surface area contributed by atoms with E-state index < -0.39 is 9.84 Å². The van der Waals surface area contributed by atoms with Gasteiger partial charge in [-0.1, -0.05) is 11.6 Å². The lowest BCUT2D eigenvalue weighted by molar-refractivity contribution is 0.0782. The van der Waals surface area contributed by atoms with Gasteiger partial charge in [0.05, 0.1) is 23.3 Å². The maximum absolute atomic E-state index is 12.7. The van der Waals surface area contributed by atoms with E-state index in [9.17, 15) is 13.2 Å². The van der Waals surface area contributed by atoms with Crippen LogP contribution in [0.15, 0.2) is 59.9 Å². The number of hydrogen-bond donors (Lipinski definition) is 0. The molecule has 0 N–H and O–H groups in total. The van der Waals surface area contributed by atoms with Gasteiger partial charge < -0.3 is 4.74 Å². The first-order chi connectivity index (χ1) is 17.7. The Balaban J connectivity index is 1.24. The van der Waals surface area contributed by atoms with Crippen LogP contribution in [-0.2, 0) is 9.84 Å². The Kier molecular flexibility index (Phi) is 6.98. The van der Waals surface area contributed by atoms with E-state index >= 15 is 0 Å². The Morgan fingerprint density at radius 1 is 1.11 bits per heavy atom. The summed E-state index contributed by atoms with van der Waals surface area (Å²) in [5.41, 5.74) is 2.82. The molecule has 4 aromatic rings. The SMILES string of the molecule is Cc1cc(C(=O)CN2CCC(Oc3ncnc4c3cnn4-c3ccc(S(C)(=O)=O)cc3)CC2)ccc1Cl. The summed E-state index contributed by atoms with van der Waals surface area (Å²) < 4.78 is 31.4. The third-order valence-corrected chi connectivity index (χ3v) is 8.05. The molecule has 11 heteroatoms. The van der Waals surface area contributed by atoms with Crippen LogP contribution in [-0.4, -0.2) is 70.8 Å². The van der Waals surface area contributed by atoms with Gasteiger partial charge in [0.15, 0.2) is 21.3 Å². The minimum absolute atomic E-state index is 0.0420. The maximum Gasteiger partial charge on any atom is 0.228 e. The van der Waals surface area contributed by atoms with E-state index in [1.165, 1.54) is 12.6 Å². The number of piperidine rings is 1. The summed E-state index contributed by atoms with van der Waals surface area (Å²) in [6.45, 7) is 3.73. The van der Waals surface area contributed by atoms with Gasteiger partial charge in [-0.3, -0.25) is 9.69 Å². The highest BCUT2D eigenvalue weighted by molar-refractivity contribution is 7.90. The Hall–Kier alpha value is -3.34. The van der Waals surface area contributed by atoms with Crippen LogP contribution in [0.2, 0.25) is 5.02 Å². The largest absolute Gasteiger partial charge is 0.474 e. The van der Waals surface area contributed by atoms with Gasteiger partial charge in [-0.2, -0.15) is 5.10 Å². The highest BCUT2D eigenvalue weighted by atomic mass is 35.5. The third kappa shape index (κ3) is 5.51. The molecule has 192 valence electrons. The Bertz CT molecular complexity index is 1560. The molecule has 1 saturated heterocycles. The van der Waals surface area contributed by atoms with Crippen molar-refractivity contribution in [3.05, 3.63) is 71.1 Å². The van der Waals surface area contributed by atoms with Crippen LogP contribution in [0.25, 0.3) is 16.7 Å². The third-order valence-electron chi connectivity index (χ3n) is 6.50. The number of ether oxygens (including phenoxy) is 1. The number of Topliss-reactive ketones (excluding diaryl/α,β-unsaturated/α-hetero) is 1. The number of ketones is 1. The van der Waals surface area contributed by atoms with Gasteiger partial charge in [0, 0.05) is 29.9 Å². The van der Waals surface area contributed by atoms with Crippen LogP contribution < -0.4 is 4.74 Å². The van der Waals surface area contributed by atoms with Gasteiger partial charge in [0.1, 0.15) is 17.8 Å². The number of fused-ring (bicyclic) bond motifs is 1. The molecule has 0 amide bonds. The van der Waals surface area contributed by atoms with Crippen molar-refractivity contribution in [2.24, 2.45) is 0 Å². The second-order valence-corrected chi connectivity index (χ2v) is 11.6. The van der Waals surface area contributed by atoms with Crippen molar-refractivity contribution < 1.29 is 17.9 Å². The molecule has 0 saturated carbocycles. The molecule has 0 spiro atoms. The van der Waals surface area contributed by atoms with Crippen molar-refractivity contribution in [3.63, 3.8) is 0 Å². The lowest BCUT2D eigenvalue weighted by Crippen LogP contribution is -2.40. The Morgan fingerprint density at radius 2 is 1.84 bits per heavy atom. The van der Waals surface area contributed by atoms with Crippen molar-refractivity contribution >= 4 is 38.3 Å². The molecule has 0 aliphatic carbocycles. The van der Waals surface area contributed by atoms with E-state index in [2.05, 4.69) is 20.0 Å². The van der Waals surface area contributed by atoms with Crippen LogP contribution >= 0.6 is 11.6 Å². The molecular formula is C26H26ClN5O4S. The number of hydrogen-bond acceptors (Lipinski definition) is 8. The van der Waals surface area contributed by atoms with Crippen LogP contribution in [0.3, 0.4) is 0 Å². The zero-order chi connectivity index (χ0) is 26.2. The maximum atomic E-state index is 12.7. The van der Waals surface area contributed by atoms with Crippen molar-refractivity contribution in [1.82, 2.24) is 24.6 Å². The monoisotopic (exact) mass is 539 g/mol. The zero-order valence-corrected chi connectivity index (χ0v) is 22.0. The Labute approximate surface area is 220 Å². The number of nitrogens with zero attached hydrogens (tertiary/aromatic N) is 5. The van der Waals surface area contributed by atoms with Crippen molar-refractivity contribution in [2.45, 2.75) is 30.8 Å². The summed E-state index contributed by atoms with van der Waals surface area (Å²) in [5.74, 6) is 0.531. The molecule has 9 nitrogen and oxygen atoms in total. The van der Waals surface area contributed by atoms with Gasteiger partial charge in [-0.25, -0.2) is 23.1 Å². The highest BCUT2D eigenvalue weighted by Gasteiger charge is 2.24. The van der Waals surface area contributed by atoms with Crippen LogP contribution in [0.5, 0.6) is 5.88 Å². The van der Waals surface area contributed by atoms with Crippen LogP contribution in [0.1, 0.15) is 28.8 Å². The van der Waals surface area contributed by atoms with Crippen LogP contribution in [0.4, 0.5) is 0 Å². The van der Waals surface area contributed by atoms with Crippen molar-refractivity contribution in [1.29, 1.82) is 0 Å². The van der Waals surface area contributed by atoms with E-state index in [0.29, 0.717) is 39.7 Å². The van der Waals surface area contributed by atoms with Crippen LogP contribution in [0, 0.1) is 6.92 Å². The fraction of sp³-hybridized carbons (Fsp3) is 0.308. The van der Waals surface area contributed by atoms with Crippen molar-refractivity contribution in [3.8, 4) is 11.6 Å². The second kappa shape index (κ2) is 10.2. The Morgan fingerprint density at radius 3 is 2.51 bits per heavy atom. The van der Waals surface area contributed by atoms with Gasteiger partial charge in [0.2, 0.25) is 5.88 Å². The summed E-state index contributed by atoms with van der Waals surface area (Å²) in [6, 6.07) is 11.8. The summed E-state index contributed by atoms with van der Waals surface area (Å²) in [5, 5.41) is 5.75. The lowest BCUT2D eigenvalue weighted by atomic mass is 10.0. The van der Waals surface area contributed by atoms with E-state index in [1.54, 1.807) is 47.3 Å². The quantitative estimate of drug-likeness (QED) is 0.325. The van der Waals surface area contributed by atoms with E-state index in [1.807, 2.05) is 13.0 Å². The second-order valence-electron chi connectivity index (χ2n) is 9.22. The molecule has 1 aliphatic heterocycles. The van der Waals surface area contributed by atoms with Crippen molar-refractivity contribution in [2.75, 3.05) is 25.9 Å². The minimum atomic E-state index is -3.28. The first kappa shape index (κ1) is 25.3. The number of halogens is 1. The van der Waals surface area contributed by atoms with E-state index in [4.69, 9.17) is 16.3 Å². The molecule has 0 atom stereocenters. The number of aryl methyl sites for hydroxylation is 1. The zero-order valence-electron chi connectivity index (χ0n) is 20.5. The lowest BCUT2D eigenvalue weighted by Gasteiger charge is -2.31. The number of carbonyl (C=O) groups excluding carboxylic acids is 1. The fourth-order valence-corrected chi connectivity index (χ4v) is 5.14. The molecule has 0 unspecified atom stereocenters. The van der Waals surface area contributed by atoms with Gasteiger partial charge in [-0.05, 0) is 67.8 Å².